The molecule has 0 aliphatic rings. The molecule has 0 aromatic heterocycles. The second-order valence-electron chi connectivity index (χ2n) is 4.84. The molecule has 2 rings (SSSR count). The summed E-state index contributed by atoms with van der Waals surface area (Å²) in [5.74, 6) is 0.509. The molecule has 114 valence electrons. The molecule has 0 saturated heterocycles. The molecule has 2 aromatic rings. The van der Waals surface area contributed by atoms with E-state index >= 15 is 0 Å². The number of allylic oxidation sites excluding steroid dienone is 1. The van der Waals surface area contributed by atoms with Crippen molar-refractivity contribution in [3.63, 3.8) is 0 Å². The van der Waals surface area contributed by atoms with Gasteiger partial charge < -0.3 is 4.74 Å². The van der Waals surface area contributed by atoms with Gasteiger partial charge >= 0.3 is 0 Å². The van der Waals surface area contributed by atoms with Gasteiger partial charge in [-0.3, -0.25) is 4.79 Å². The lowest BCUT2D eigenvalue weighted by atomic mass is 9.98. The van der Waals surface area contributed by atoms with Crippen molar-refractivity contribution in [2.75, 3.05) is 6.61 Å². The molecular formula is C20H17NO2. The molecular weight excluding hydrogens is 286 g/mol. The molecule has 0 unspecified atom stereocenters. The zero-order chi connectivity index (χ0) is 16.5. The predicted molar refractivity (Wildman–Crippen MR) is 91.1 cm³/mol. The number of rotatable bonds is 7. The van der Waals surface area contributed by atoms with Crippen LogP contribution in [0.5, 0.6) is 5.75 Å². The van der Waals surface area contributed by atoms with E-state index in [-0.39, 0.29) is 12.2 Å². The van der Waals surface area contributed by atoms with E-state index in [1.54, 1.807) is 36.4 Å². The lowest BCUT2D eigenvalue weighted by Gasteiger charge is -2.09. The minimum absolute atomic E-state index is 0.0452. The van der Waals surface area contributed by atoms with Crippen LogP contribution in [0.3, 0.4) is 0 Å². The molecule has 0 N–H and O–H groups in total. The molecule has 0 fully saturated rings. The van der Waals surface area contributed by atoms with Crippen molar-refractivity contribution in [3.8, 4) is 11.8 Å². The van der Waals surface area contributed by atoms with Gasteiger partial charge in [-0.2, -0.15) is 5.26 Å². The van der Waals surface area contributed by atoms with Crippen molar-refractivity contribution in [2.24, 2.45) is 0 Å². The summed E-state index contributed by atoms with van der Waals surface area (Å²) >= 11 is 0. The molecule has 23 heavy (non-hydrogen) atoms. The third-order valence-corrected chi connectivity index (χ3v) is 3.20. The molecule has 3 heteroatoms. The number of Topliss-reactive ketones (excluding diaryl/α,β-unsaturated/α-hetero) is 1. The standard InChI is InChI=1S/C20H17NO2/c1-2-14-23-19-11-7-6-10-17(19)15-18(12-13-21)20(22)16-8-4-3-5-9-16/h2-11,15H,1,12,14H2. The summed E-state index contributed by atoms with van der Waals surface area (Å²) in [6.45, 7) is 4.01. The van der Waals surface area contributed by atoms with E-state index in [4.69, 9.17) is 10.00 Å². The largest absolute Gasteiger partial charge is 0.489 e. The highest BCUT2D eigenvalue weighted by atomic mass is 16.5. The lowest BCUT2D eigenvalue weighted by molar-refractivity contribution is 0.103. The first-order valence-corrected chi connectivity index (χ1v) is 7.26. The summed E-state index contributed by atoms with van der Waals surface area (Å²) in [7, 11) is 0. The first-order chi connectivity index (χ1) is 11.3. The van der Waals surface area contributed by atoms with E-state index in [1.165, 1.54) is 0 Å². The summed E-state index contributed by atoms with van der Waals surface area (Å²) in [4.78, 5) is 12.6. The average molecular weight is 303 g/mol. The number of nitriles is 1. The van der Waals surface area contributed by atoms with Crippen LogP contribution >= 0.6 is 0 Å². The highest BCUT2D eigenvalue weighted by Gasteiger charge is 2.13. The van der Waals surface area contributed by atoms with Gasteiger partial charge in [-0.25, -0.2) is 0 Å². The predicted octanol–water partition coefficient (Wildman–Crippen LogP) is 4.43. The Balaban J connectivity index is 2.38. The van der Waals surface area contributed by atoms with Crippen LogP contribution in [-0.4, -0.2) is 12.4 Å². The molecule has 0 spiro atoms. The van der Waals surface area contributed by atoms with E-state index in [2.05, 4.69) is 12.6 Å². The smallest absolute Gasteiger partial charge is 0.190 e. The molecule has 0 aliphatic heterocycles. The number of carbonyl (C=O) groups excluding carboxylic acids is 1. The van der Waals surface area contributed by atoms with Crippen LogP contribution in [0, 0.1) is 11.3 Å². The summed E-state index contributed by atoms with van der Waals surface area (Å²) in [5.41, 5.74) is 1.77. The number of ether oxygens (including phenoxy) is 1. The van der Waals surface area contributed by atoms with Crippen molar-refractivity contribution in [1.29, 1.82) is 5.26 Å². The SMILES string of the molecule is C=CCOc1ccccc1C=C(CC#N)C(=O)c1ccccc1. The van der Waals surface area contributed by atoms with Crippen LogP contribution in [0.1, 0.15) is 22.3 Å². The van der Waals surface area contributed by atoms with E-state index < -0.39 is 0 Å². The fourth-order valence-corrected chi connectivity index (χ4v) is 2.12. The first-order valence-electron chi connectivity index (χ1n) is 7.26. The van der Waals surface area contributed by atoms with Crippen molar-refractivity contribution >= 4 is 11.9 Å². The minimum atomic E-state index is -0.148. The number of hydrogen-bond acceptors (Lipinski definition) is 3. The van der Waals surface area contributed by atoms with Gasteiger partial charge in [-0.05, 0) is 12.1 Å². The molecule has 0 saturated carbocycles. The average Bonchev–Trinajstić information content (AvgIpc) is 2.60. The van der Waals surface area contributed by atoms with Gasteiger partial charge in [0.25, 0.3) is 0 Å². The van der Waals surface area contributed by atoms with Gasteiger partial charge in [0.05, 0.1) is 12.5 Å². The Bertz CT molecular complexity index is 755. The van der Waals surface area contributed by atoms with Crippen LogP contribution in [-0.2, 0) is 0 Å². The maximum Gasteiger partial charge on any atom is 0.190 e. The van der Waals surface area contributed by atoms with E-state index in [0.717, 1.165) is 5.56 Å². The van der Waals surface area contributed by atoms with Gasteiger partial charge in [-0.1, -0.05) is 61.2 Å². The Morgan fingerprint density at radius 1 is 1.13 bits per heavy atom. The molecule has 2 aromatic carbocycles. The summed E-state index contributed by atoms with van der Waals surface area (Å²) in [5, 5.41) is 9.03. The van der Waals surface area contributed by atoms with Crippen molar-refractivity contribution in [2.45, 2.75) is 6.42 Å². The summed E-state index contributed by atoms with van der Waals surface area (Å²) in [6, 6.07) is 18.4. The summed E-state index contributed by atoms with van der Waals surface area (Å²) < 4.78 is 5.59. The second-order valence-corrected chi connectivity index (χ2v) is 4.84. The summed E-state index contributed by atoms with van der Waals surface area (Å²) in [6.07, 6.45) is 3.42. The third kappa shape index (κ3) is 4.42. The highest BCUT2D eigenvalue weighted by molar-refractivity contribution is 6.11. The van der Waals surface area contributed by atoms with Gasteiger partial charge in [0.2, 0.25) is 0 Å². The zero-order valence-corrected chi connectivity index (χ0v) is 12.7. The fraction of sp³-hybridized carbons (Fsp3) is 0.100. The first kappa shape index (κ1) is 16.3. The van der Waals surface area contributed by atoms with Crippen molar-refractivity contribution < 1.29 is 9.53 Å². The van der Waals surface area contributed by atoms with Crippen LogP contribution in [0.15, 0.2) is 72.8 Å². The number of para-hydroxylation sites is 1. The molecule has 3 nitrogen and oxygen atoms in total. The van der Waals surface area contributed by atoms with E-state index in [1.807, 2.05) is 30.3 Å². The van der Waals surface area contributed by atoms with Crippen LogP contribution < -0.4 is 4.74 Å². The maximum absolute atomic E-state index is 12.6. The normalized spacial score (nSPS) is 10.7. The number of hydrogen-bond donors (Lipinski definition) is 0. The number of benzene rings is 2. The Labute approximate surface area is 136 Å². The highest BCUT2D eigenvalue weighted by Crippen LogP contribution is 2.23. The monoisotopic (exact) mass is 303 g/mol. The van der Waals surface area contributed by atoms with Crippen LogP contribution in [0.25, 0.3) is 6.08 Å². The van der Waals surface area contributed by atoms with E-state index in [0.29, 0.717) is 23.5 Å². The quantitative estimate of drug-likeness (QED) is 0.432. The third-order valence-electron chi connectivity index (χ3n) is 3.20. The lowest BCUT2D eigenvalue weighted by Crippen LogP contribution is -2.03. The second kappa shape index (κ2) is 8.35. The van der Waals surface area contributed by atoms with Crippen molar-refractivity contribution in [3.05, 3.63) is 84.0 Å². The Morgan fingerprint density at radius 2 is 1.83 bits per heavy atom. The van der Waals surface area contributed by atoms with Crippen LogP contribution in [0.2, 0.25) is 0 Å². The van der Waals surface area contributed by atoms with Crippen molar-refractivity contribution in [1.82, 2.24) is 0 Å². The van der Waals surface area contributed by atoms with Gasteiger partial charge in [0, 0.05) is 16.7 Å². The van der Waals surface area contributed by atoms with E-state index in [9.17, 15) is 4.79 Å². The molecule has 0 atom stereocenters. The topological polar surface area (TPSA) is 50.1 Å². The molecule has 0 radical (unpaired) electrons. The maximum atomic E-state index is 12.6. The molecule has 0 amide bonds. The Morgan fingerprint density at radius 3 is 2.52 bits per heavy atom. The van der Waals surface area contributed by atoms with Crippen LogP contribution in [0.4, 0.5) is 0 Å². The number of ketones is 1. The Hall–Kier alpha value is -3.12. The number of carbonyl (C=O) groups is 1. The zero-order valence-electron chi connectivity index (χ0n) is 12.7. The van der Waals surface area contributed by atoms with Gasteiger partial charge in [-0.15, -0.1) is 0 Å². The van der Waals surface area contributed by atoms with Gasteiger partial charge in [0.1, 0.15) is 12.4 Å². The Kier molecular flexibility index (Phi) is 5.90. The molecule has 0 aliphatic carbocycles. The van der Waals surface area contributed by atoms with Gasteiger partial charge in [0.15, 0.2) is 5.78 Å². The fourth-order valence-electron chi connectivity index (χ4n) is 2.12. The molecule has 0 bridgehead atoms. The molecule has 0 heterocycles. The number of nitrogens with zero attached hydrogens (tertiary/aromatic N) is 1. The minimum Gasteiger partial charge on any atom is -0.489 e.